The largest absolute Gasteiger partial charge is 0.746 e. The van der Waals surface area contributed by atoms with Gasteiger partial charge in [0.05, 0.1) is 20.6 Å². The topological polar surface area (TPSA) is 124 Å². The molecule has 0 aliphatic heterocycles. The Hall–Kier alpha value is -0.330. The summed E-state index contributed by atoms with van der Waals surface area (Å²) in [5.74, 6) is 0. The number of aliphatic hydroxyl groups is 1. The maximum Gasteiger partial charge on any atom is 0.372 e. The molecule has 0 rings (SSSR count). The Bertz CT molecular complexity index is 460. The Balaban J connectivity index is 4.17. The summed E-state index contributed by atoms with van der Waals surface area (Å²) in [6, 6.07) is 0. The van der Waals surface area contributed by atoms with Crippen molar-refractivity contribution < 1.29 is 34.9 Å². The number of nitrogens with zero attached hydrogens (tertiary/aromatic N) is 1. The van der Waals surface area contributed by atoms with E-state index in [2.05, 4.69) is 0 Å². The average molecular weight is 308 g/mol. The molecule has 0 aromatic heterocycles. The Morgan fingerprint density at radius 2 is 1.83 bits per heavy atom. The third-order valence-electron chi connectivity index (χ3n) is 2.20. The molecule has 0 spiro atoms. The lowest BCUT2D eigenvalue weighted by atomic mass is 10.3. The highest BCUT2D eigenvalue weighted by Gasteiger charge is 2.24. The second-order valence-corrected chi connectivity index (χ2v) is 7.17. The van der Waals surface area contributed by atoms with E-state index in [0.29, 0.717) is 0 Å². The molecule has 0 aromatic rings. The molecule has 0 amide bonds. The Morgan fingerprint density at radius 1 is 1.33 bits per heavy atom. The van der Waals surface area contributed by atoms with Gasteiger partial charge in [-0.1, -0.05) is 3.89 Å². The van der Waals surface area contributed by atoms with Crippen LogP contribution in [0.2, 0.25) is 0 Å². The number of hydrogen-bond acceptors (Lipinski definition) is 6. The molecular weight excluding hydrogens is 291 g/mol. The quantitative estimate of drug-likeness (QED) is 0.234. The first kappa shape index (κ1) is 17.7. The van der Waals surface area contributed by atoms with Crippen molar-refractivity contribution in [1.29, 1.82) is 0 Å². The van der Waals surface area contributed by atoms with Crippen molar-refractivity contribution in [2.45, 2.75) is 11.9 Å². The SMILES string of the molecule is C[N+](C)(CCCNS(=O)(=O)F)CC(O)S(=O)(=O)[O-]. The molecule has 18 heavy (non-hydrogen) atoms. The van der Waals surface area contributed by atoms with Gasteiger partial charge in [0.2, 0.25) is 0 Å². The lowest BCUT2D eigenvalue weighted by Crippen LogP contribution is -2.48. The van der Waals surface area contributed by atoms with Gasteiger partial charge >= 0.3 is 10.4 Å². The minimum Gasteiger partial charge on any atom is -0.746 e. The molecule has 0 aliphatic carbocycles. The standard InChI is InChI=1S/C7H17FN2O6S2/c1-10(2,6-7(11)17(12,13)14)5-3-4-9-18(8,15)16/h7,9,11H,3-6H2,1-2H3. The van der Waals surface area contributed by atoms with Gasteiger partial charge in [-0.25, -0.2) is 8.42 Å². The van der Waals surface area contributed by atoms with Gasteiger partial charge in [-0.2, -0.15) is 13.1 Å². The van der Waals surface area contributed by atoms with Gasteiger partial charge in [0.15, 0.2) is 5.44 Å². The normalized spacial score (nSPS) is 15.6. The second-order valence-electron chi connectivity index (χ2n) is 4.48. The molecular formula is C7H17FN2O6S2. The van der Waals surface area contributed by atoms with Crippen LogP contribution in [0.1, 0.15) is 6.42 Å². The maximum absolute atomic E-state index is 12.1. The van der Waals surface area contributed by atoms with Crippen LogP contribution in [0.4, 0.5) is 3.89 Å². The van der Waals surface area contributed by atoms with Crippen molar-refractivity contribution in [1.82, 2.24) is 4.72 Å². The van der Waals surface area contributed by atoms with Crippen LogP contribution in [0.3, 0.4) is 0 Å². The Morgan fingerprint density at radius 3 is 2.22 bits per heavy atom. The van der Waals surface area contributed by atoms with Crippen molar-refractivity contribution in [3.63, 3.8) is 0 Å². The molecule has 1 atom stereocenters. The van der Waals surface area contributed by atoms with E-state index in [9.17, 15) is 25.3 Å². The zero-order valence-electron chi connectivity index (χ0n) is 10.0. The third kappa shape index (κ3) is 8.72. The third-order valence-corrected chi connectivity index (χ3v) is 3.56. The number of rotatable bonds is 8. The molecule has 0 bridgehead atoms. The molecule has 0 radical (unpaired) electrons. The first-order chi connectivity index (χ1) is 7.83. The van der Waals surface area contributed by atoms with Crippen LogP contribution in [0.15, 0.2) is 0 Å². The van der Waals surface area contributed by atoms with Gasteiger partial charge in [0.1, 0.15) is 16.7 Å². The molecule has 0 fully saturated rings. The van der Waals surface area contributed by atoms with Gasteiger partial charge in [-0.15, -0.1) is 0 Å². The summed E-state index contributed by atoms with van der Waals surface area (Å²) < 4.78 is 65.5. The van der Waals surface area contributed by atoms with Crippen molar-refractivity contribution in [2.75, 3.05) is 33.7 Å². The van der Waals surface area contributed by atoms with Gasteiger partial charge in [0, 0.05) is 13.0 Å². The van der Waals surface area contributed by atoms with E-state index in [0.717, 1.165) is 0 Å². The van der Waals surface area contributed by atoms with E-state index in [1.165, 1.54) is 0 Å². The van der Waals surface area contributed by atoms with Gasteiger partial charge < -0.3 is 14.1 Å². The maximum atomic E-state index is 12.1. The predicted molar refractivity (Wildman–Crippen MR) is 60.2 cm³/mol. The molecule has 0 saturated heterocycles. The van der Waals surface area contributed by atoms with Crippen LogP contribution < -0.4 is 4.72 Å². The van der Waals surface area contributed by atoms with Crippen molar-refractivity contribution >= 4 is 20.5 Å². The van der Waals surface area contributed by atoms with Gasteiger partial charge in [-0.3, -0.25) is 0 Å². The monoisotopic (exact) mass is 308 g/mol. The zero-order chi connectivity index (χ0) is 14.6. The number of nitrogens with one attached hydrogen (secondary N) is 1. The van der Waals surface area contributed by atoms with E-state index < -0.39 is 26.0 Å². The number of aliphatic hydroxyl groups excluding tert-OH is 1. The van der Waals surface area contributed by atoms with Crippen LogP contribution >= 0.6 is 0 Å². The van der Waals surface area contributed by atoms with E-state index in [4.69, 9.17) is 5.11 Å². The number of hydrogen-bond donors (Lipinski definition) is 2. The summed E-state index contributed by atoms with van der Waals surface area (Å²) in [4.78, 5) is 0. The highest BCUT2D eigenvalue weighted by molar-refractivity contribution is 7.86. The Labute approximate surface area is 106 Å². The van der Waals surface area contributed by atoms with E-state index >= 15 is 0 Å². The highest BCUT2D eigenvalue weighted by Crippen LogP contribution is 2.05. The van der Waals surface area contributed by atoms with Gasteiger partial charge in [-0.05, 0) is 0 Å². The van der Waals surface area contributed by atoms with E-state index in [1.807, 2.05) is 0 Å². The fraction of sp³-hybridized carbons (Fsp3) is 1.00. The predicted octanol–water partition coefficient (Wildman–Crippen LogP) is -1.88. The molecule has 0 heterocycles. The number of halogens is 1. The minimum absolute atomic E-state index is 0.0172. The zero-order valence-corrected chi connectivity index (χ0v) is 11.7. The lowest BCUT2D eigenvalue weighted by molar-refractivity contribution is -0.891. The molecule has 0 saturated carbocycles. The fourth-order valence-electron chi connectivity index (χ4n) is 1.31. The summed E-state index contributed by atoms with van der Waals surface area (Å²) in [5.41, 5.74) is -2.02. The van der Waals surface area contributed by atoms with Crippen LogP contribution in [-0.4, -0.2) is 70.1 Å². The summed E-state index contributed by atoms with van der Waals surface area (Å²) >= 11 is 0. The molecule has 8 nitrogen and oxygen atoms in total. The van der Waals surface area contributed by atoms with E-state index in [-0.39, 0.29) is 30.5 Å². The number of likely N-dealkylation sites (N-methyl/N-ethyl adjacent to an activating group) is 1. The first-order valence-electron chi connectivity index (χ1n) is 4.97. The molecule has 0 aliphatic rings. The molecule has 11 heteroatoms. The average Bonchev–Trinajstić information content (AvgIpc) is 2.08. The van der Waals surface area contributed by atoms with Gasteiger partial charge in [0.25, 0.3) is 0 Å². The van der Waals surface area contributed by atoms with Crippen molar-refractivity contribution in [3.8, 4) is 0 Å². The highest BCUT2D eigenvalue weighted by atomic mass is 32.3. The molecule has 0 aromatic carbocycles. The van der Waals surface area contributed by atoms with E-state index in [1.54, 1.807) is 18.8 Å². The van der Waals surface area contributed by atoms with Crippen LogP contribution in [0, 0.1) is 0 Å². The molecule has 1 unspecified atom stereocenters. The van der Waals surface area contributed by atoms with Crippen LogP contribution in [-0.2, 0) is 20.5 Å². The van der Waals surface area contributed by atoms with Crippen molar-refractivity contribution in [3.05, 3.63) is 0 Å². The summed E-state index contributed by atoms with van der Waals surface area (Å²) in [7, 11) is -6.40. The lowest BCUT2D eigenvalue weighted by Gasteiger charge is -2.32. The molecule has 2 N–H and O–H groups in total. The van der Waals surface area contributed by atoms with Crippen LogP contribution in [0.25, 0.3) is 0 Å². The minimum atomic E-state index is -4.77. The Kier molecular flexibility index (Phi) is 6.10. The summed E-state index contributed by atoms with van der Waals surface area (Å²) in [6.45, 7) is -0.218. The number of quaternary nitrogens is 1. The van der Waals surface area contributed by atoms with Crippen LogP contribution in [0.5, 0.6) is 0 Å². The summed E-state index contributed by atoms with van der Waals surface area (Å²) in [6.07, 6.45) is 0.224. The first-order valence-corrected chi connectivity index (χ1v) is 7.83. The van der Waals surface area contributed by atoms with Crippen molar-refractivity contribution in [2.24, 2.45) is 0 Å². The fourth-order valence-corrected chi connectivity index (χ4v) is 2.28. The molecule has 110 valence electrons. The second kappa shape index (κ2) is 6.21. The summed E-state index contributed by atoms with van der Waals surface area (Å²) in [5, 5.41) is 9.12. The smallest absolute Gasteiger partial charge is 0.372 e.